The minimum atomic E-state index is -3.64. The van der Waals surface area contributed by atoms with Crippen LogP contribution in [0.5, 0.6) is 0 Å². The van der Waals surface area contributed by atoms with Gasteiger partial charge in [-0.3, -0.25) is 4.31 Å². The van der Waals surface area contributed by atoms with Crippen LogP contribution in [0.4, 0.5) is 5.69 Å². The van der Waals surface area contributed by atoms with E-state index in [4.69, 9.17) is 23.2 Å². The predicted molar refractivity (Wildman–Crippen MR) is 78.5 cm³/mol. The van der Waals surface area contributed by atoms with E-state index in [0.29, 0.717) is 10.7 Å². The molecule has 19 heavy (non-hydrogen) atoms. The fraction of sp³-hybridized carbons (Fsp3) is 0.0769. The highest BCUT2D eigenvalue weighted by Crippen LogP contribution is 2.27. The summed E-state index contributed by atoms with van der Waals surface area (Å²) in [6, 6.07) is 13.1. The Bertz CT molecular complexity index is 687. The summed E-state index contributed by atoms with van der Waals surface area (Å²) in [4.78, 5) is 0.105. The summed E-state index contributed by atoms with van der Waals surface area (Å²) in [5.41, 5.74) is 0.577. The van der Waals surface area contributed by atoms with Gasteiger partial charge in [0, 0.05) is 7.05 Å². The summed E-state index contributed by atoms with van der Waals surface area (Å²) < 4.78 is 26.0. The Morgan fingerprint density at radius 1 is 0.947 bits per heavy atom. The molecule has 0 aromatic heterocycles. The molecule has 0 bridgehead atoms. The van der Waals surface area contributed by atoms with Crippen LogP contribution in [0.25, 0.3) is 0 Å². The van der Waals surface area contributed by atoms with E-state index in [2.05, 4.69) is 0 Å². The van der Waals surface area contributed by atoms with Crippen molar-refractivity contribution in [2.75, 3.05) is 11.4 Å². The van der Waals surface area contributed by atoms with Gasteiger partial charge in [-0.15, -0.1) is 0 Å². The third-order valence-electron chi connectivity index (χ3n) is 2.67. The zero-order valence-corrected chi connectivity index (χ0v) is 12.4. The molecule has 100 valence electrons. The Labute approximate surface area is 122 Å². The van der Waals surface area contributed by atoms with Crippen molar-refractivity contribution in [3.8, 4) is 0 Å². The Balaban J connectivity index is 2.45. The maximum Gasteiger partial charge on any atom is 0.264 e. The summed E-state index contributed by atoms with van der Waals surface area (Å²) in [5, 5.41) is 0.534. The third-order valence-corrected chi connectivity index (χ3v) is 5.19. The lowest BCUT2D eigenvalue weighted by Gasteiger charge is -2.19. The zero-order chi connectivity index (χ0) is 14.0. The molecule has 0 aliphatic rings. The lowest BCUT2D eigenvalue weighted by atomic mass is 10.3. The molecule has 0 unspecified atom stereocenters. The second kappa shape index (κ2) is 5.41. The van der Waals surface area contributed by atoms with Crippen LogP contribution in [0.15, 0.2) is 53.4 Å². The van der Waals surface area contributed by atoms with E-state index in [1.54, 1.807) is 24.3 Å². The van der Waals surface area contributed by atoms with Gasteiger partial charge in [-0.25, -0.2) is 8.42 Å². The van der Waals surface area contributed by atoms with Crippen LogP contribution >= 0.6 is 23.2 Å². The molecule has 0 spiro atoms. The minimum absolute atomic E-state index is 0.105. The lowest BCUT2D eigenvalue weighted by molar-refractivity contribution is 0.594. The molecule has 0 fully saturated rings. The number of halogens is 2. The van der Waals surface area contributed by atoms with Crippen molar-refractivity contribution >= 4 is 38.9 Å². The largest absolute Gasteiger partial charge is 0.269 e. The van der Waals surface area contributed by atoms with E-state index in [-0.39, 0.29) is 9.92 Å². The molecular formula is C13H11Cl2NO2S. The average Bonchev–Trinajstić information content (AvgIpc) is 2.41. The normalized spacial score (nSPS) is 11.3. The average molecular weight is 316 g/mol. The molecule has 2 aromatic carbocycles. The van der Waals surface area contributed by atoms with Crippen molar-refractivity contribution < 1.29 is 8.42 Å². The highest BCUT2D eigenvalue weighted by molar-refractivity contribution is 7.92. The van der Waals surface area contributed by atoms with Gasteiger partial charge in [-0.05, 0) is 30.3 Å². The minimum Gasteiger partial charge on any atom is -0.269 e. The van der Waals surface area contributed by atoms with Gasteiger partial charge in [-0.2, -0.15) is 0 Å². The molecule has 0 saturated carbocycles. The van der Waals surface area contributed by atoms with E-state index in [9.17, 15) is 8.42 Å². The molecule has 3 nitrogen and oxygen atoms in total. The van der Waals surface area contributed by atoms with Crippen LogP contribution in [0.3, 0.4) is 0 Å². The molecular weight excluding hydrogens is 305 g/mol. The Morgan fingerprint density at radius 2 is 1.58 bits per heavy atom. The van der Waals surface area contributed by atoms with Gasteiger partial charge in [-0.1, -0.05) is 41.4 Å². The van der Waals surface area contributed by atoms with Crippen LogP contribution in [0.1, 0.15) is 0 Å². The molecule has 2 rings (SSSR count). The molecule has 0 atom stereocenters. The van der Waals surface area contributed by atoms with Crippen molar-refractivity contribution in [1.82, 2.24) is 0 Å². The van der Waals surface area contributed by atoms with Gasteiger partial charge < -0.3 is 0 Å². The van der Waals surface area contributed by atoms with Crippen LogP contribution in [-0.4, -0.2) is 15.5 Å². The number of sulfonamides is 1. The van der Waals surface area contributed by atoms with E-state index < -0.39 is 10.0 Å². The molecule has 0 aliphatic heterocycles. The third kappa shape index (κ3) is 2.86. The standard InChI is InChI=1S/C13H11Cl2NO2S/c1-16(10-5-3-2-4-6-10)19(17,18)11-7-8-12(14)13(15)9-11/h2-9H,1H3. The predicted octanol–water partition coefficient (Wildman–Crippen LogP) is 3.82. The van der Waals surface area contributed by atoms with Gasteiger partial charge in [0.1, 0.15) is 0 Å². The summed E-state index contributed by atoms with van der Waals surface area (Å²) in [6.07, 6.45) is 0. The van der Waals surface area contributed by atoms with Crippen molar-refractivity contribution in [1.29, 1.82) is 0 Å². The fourth-order valence-electron chi connectivity index (χ4n) is 1.57. The number of anilines is 1. The van der Waals surface area contributed by atoms with Crippen LogP contribution < -0.4 is 4.31 Å². The summed E-state index contributed by atoms with van der Waals surface area (Å²) in [7, 11) is -2.15. The highest BCUT2D eigenvalue weighted by atomic mass is 35.5. The molecule has 0 heterocycles. The van der Waals surface area contributed by atoms with Gasteiger partial charge in [0.25, 0.3) is 10.0 Å². The highest BCUT2D eigenvalue weighted by Gasteiger charge is 2.21. The first-order chi connectivity index (χ1) is 8.93. The number of benzene rings is 2. The first kappa shape index (κ1) is 14.2. The molecule has 6 heteroatoms. The number of rotatable bonds is 3. The van der Waals surface area contributed by atoms with Gasteiger partial charge in [0.2, 0.25) is 0 Å². The van der Waals surface area contributed by atoms with Crippen LogP contribution in [0, 0.1) is 0 Å². The first-order valence-electron chi connectivity index (χ1n) is 5.42. The van der Waals surface area contributed by atoms with Gasteiger partial charge in [0.15, 0.2) is 0 Å². The number of hydrogen-bond acceptors (Lipinski definition) is 2. The fourth-order valence-corrected chi connectivity index (χ4v) is 3.16. The smallest absolute Gasteiger partial charge is 0.264 e. The molecule has 0 amide bonds. The summed E-state index contributed by atoms with van der Waals surface area (Å²) in [6.45, 7) is 0. The zero-order valence-electron chi connectivity index (χ0n) is 10.0. The summed E-state index contributed by atoms with van der Waals surface area (Å²) >= 11 is 11.6. The molecule has 0 aliphatic carbocycles. The van der Waals surface area contributed by atoms with Crippen LogP contribution in [0.2, 0.25) is 10.0 Å². The lowest BCUT2D eigenvalue weighted by Crippen LogP contribution is -2.26. The molecule has 0 saturated heterocycles. The van der Waals surface area contributed by atoms with E-state index in [0.717, 1.165) is 0 Å². The van der Waals surface area contributed by atoms with E-state index >= 15 is 0 Å². The van der Waals surface area contributed by atoms with Crippen molar-refractivity contribution in [3.05, 3.63) is 58.6 Å². The van der Waals surface area contributed by atoms with Crippen LogP contribution in [-0.2, 0) is 10.0 Å². The van der Waals surface area contributed by atoms with Gasteiger partial charge >= 0.3 is 0 Å². The number of para-hydroxylation sites is 1. The maximum atomic E-state index is 12.4. The van der Waals surface area contributed by atoms with E-state index in [1.807, 2.05) is 6.07 Å². The van der Waals surface area contributed by atoms with Crippen molar-refractivity contribution in [2.45, 2.75) is 4.90 Å². The number of hydrogen-bond donors (Lipinski definition) is 0. The summed E-state index contributed by atoms with van der Waals surface area (Å²) in [5.74, 6) is 0. The SMILES string of the molecule is CN(c1ccccc1)S(=O)(=O)c1ccc(Cl)c(Cl)c1. The van der Waals surface area contributed by atoms with E-state index in [1.165, 1.54) is 29.6 Å². The molecule has 2 aromatic rings. The molecule has 0 N–H and O–H groups in total. The quantitative estimate of drug-likeness (QED) is 0.863. The monoisotopic (exact) mass is 315 g/mol. The first-order valence-corrected chi connectivity index (χ1v) is 7.61. The van der Waals surface area contributed by atoms with Crippen molar-refractivity contribution in [2.24, 2.45) is 0 Å². The van der Waals surface area contributed by atoms with Gasteiger partial charge in [0.05, 0.1) is 20.6 Å². The second-order valence-electron chi connectivity index (χ2n) is 3.88. The second-order valence-corrected chi connectivity index (χ2v) is 6.67. The maximum absolute atomic E-state index is 12.4. The Morgan fingerprint density at radius 3 is 2.16 bits per heavy atom. The number of nitrogens with zero attached hydrogens (tertiary/aromatic N) is 1. The Kier molecular flexibility index (Phi) is 4.04. The Hall–Kier alpha value is -1.23. The molecule has 0 radical (unpaired) electrons. The van der Waals surface area contributed by atoms with Crippen molar-refractivity contribution in [3.63, 3.8) is 0 Å². The topological polar surface area (TPSA) is 37.4 Å².